The van der Waals surface area contributed by atoms with Gasteiger partial charge in [-0.1, -0.05) is 127 Å². The number of benzene rings is 7. The molecule has 0 bridgehead atoms. The predicted octanol–water partition coefficient (Wildman–Crippen LogP) is 15.1. The molecule has 0 unspecified atom stereocenters. The van der Waals surface area contributed by atoms with Gasteiger partial charge in [0.25, 0.3) is 0 Å². The highest BCUT2D eigenvalue weighted by atomic mass is 32.1. The third kappa shape index (κ3) is 5.06. The summed E-state index contributed by atoms with van der Waals surface area (Å²) < 4.78 is 4.00. The van der Waals surface area contributed by atoms with Gasteiger partial charge >= 0.3 is 6.85 Å². The van der Waals surface area contributed by atoms with Crippen molar-refractivity contribution in [2.45, 2.75) is 84.5 Å². The van der Waals surface area contributed by atoms with Crippen molar-refractivity contribution in [3.63, 3.8) is 0 Å². The van der Waals surface area contributed by atoms with Crippen molar-refractivity contribution < 1.29 is 0 Å². The first-order valence-electron chi connectivity index (χ1n) is 21.7. The fourth-order valence-electron chi connectivity index (χ4n) is 11.0. The number of rotatable bonds is 2. The smallest absolute Gasteiger partial charge is 0.334 e. The first-order valence-corrected chi connectivity index (χ1v) is 23.3. The van der Waals surface area contributed by atoms with Gasteiger partial charge in [0, 0.05) is 47.2 Å². The van der Waals surface area contributed by atoms with Crippen molar-refractivity contribution in [3.05, 3.63) is 150 Å². The Bertz CT molecular complexity index is 3280. The van der Waals surface area contributed by atoms with Crippen LogP contribution >= 0.6 is 22.7 Å². The minimum Gasteiger partial charge on any atom is -0.376 e. The Kier molecular flexibility index (Phi) is 7.52. The molecule has 0 spiro atoms. The Labute approximate surface area is 362 Å². The first-order chi connectivity index (χ1) is 28.8. The van der Waals surface area contributed by atoms with Gasteiger partial charge in [0.15, 0.2) is 0 Å². The zero-order chi connectivity index (χ0) is 41.0. The molecular formula is C55H49BN2S2. The lowest BCUT2D eigenvalue weighted by Gasteiger charge is -2.46. The molecule has 0 saturated carbocycles. The van der Waals surface area contributed by atoms with Gasteiger partial charge in [-0.2, -0.15) is 0 Å². The van der Waals surface area contributed by atoms with Gasteiger partial charge in [0.05, 0.1) is 16.4 Å². The van der Waals surface area contributed by atoms with E-state index < -0.39 is 0 Å². The fraction of sp³-hybridized carbons (Fsp3) is 0.236. The van der Waals surface area contributed by atoms with Crippen LogP contribution in [0.15, 0.2) is 127 Å². The summed E-state index contributed by atoms with van der Waals surface area (Å²) in [4.78, 5) is 5.43. The van der Waals surface area contributed by atoms with E-state index in [1.54, 1.807) is 0 Å². The normalized spacial score (nSPS) is 16.4. The largest absolute Gasteiger partial charge is 0.376 e. The molecule has 2 nitrogen and oxygen atoms in total. The Morgan fingerprint density at radius 1 is 0.567 bits per heavy atom. The second-order valence-corrected chi connectivity index (χ2v) is 22.2. The zero-order valence-electron chi connectivity index (χ0n) is 35.8. The van der Waals surface area contributed by atoms with E-state index in [4.69, 9.17) is 0 Å². The maximum atomic E-state index is 2.72. The highest BCUT2D eigenvalue weighted by molar-refractivity contribution is 7.26. The number of nitrogens with zero attached hydrogens (tertiary/aromatic N) is 2. The Morgan fingerprint density at radius 3 is 1.92 bits per heavy atom. The number of hydrogen-bond donors (Lipinski definition) is 0. The standard InChI is InChI=1S/C55H49BN2S2/c1-32-27-42-43(55(7,8)26-25-54(42,5)6)30-44(32)57-51-36-16-10-9-15-33(36)28-41-39-29-40-37-17-11-13-19-46(37)59-48(40)31-45(39)58(35-23-21-34(22-24-35)53(2,3)4)56(49(41)51)50-38-18-12-14-20-47(38)60-52(50)57/h9-24,27-31H,25-26H2,1-8H3. The van der Waals surface area contributed by atoms with Crippen LogP contribution in [0, 0.1) is 6.92 Å². The molecule has 3 aliphatic rings. The highest BCUT2D eigenvalue weighted by Crippen LogP contribution is 2.55. The molecule has 0 atom stereocenters. The third-order valence-electron chi connectivity index (χ3n) is 14.4. The minimum absolute atomic E-state index is 0.0462. The molecule has 60 heavy (non-hydrogen) atoms. The second-order valence-electron chi connectivity index (χ2n) is 20.0. The SMILES string of the molecule is Cc1cc2c(cc1N1c3sc4ccccc4c3B3c4c(cc5ccccc5c41)-c1cc4c(cc1N3c1ccc(C(C)(C)C)cc1)sc1ccccc14)C(C)(C)CCC2(C)C. The number of aryl methyl sites for hydroxylation is 1. The van der Waals surface area contributed by atoms with Gasteiger partial charge in [0.2, 0.25) is 0 Å². The lowest BCUT2D eigenvalue weighted by molar-refractivity contribution is 0.332. The maximum absolute atomic E-state index is 2.72. The molecule has 294 valence electrons. The third-order valence-corrected chi connectivity index (χ3v) is 16.7. The molecule has 0 saturated heterocycles. The quantitative estimate of drug-likeness (QED) is 0.160. The zero-order valence-corrected chi connectivity index (χ0v) is 37.5. The van der Waals surface area contributed by atoms with Crippen LogP contribution in [0.25, 0.3) is 52.2 Å². The van der Waals surface area contributed by atoms with Gasteiger partial charge in [-0.05, 0) is 134 Å². The van der Waals surface area contributed by atoms with Crippen LogP contribution in [0.3, 0.4) is 0 Å². The summed E-state index contributed by atoms with van der Waals surface area (Å²) in [7, 11) is 0. The van der Waals surface area contributed by atoms with E-state index >= 15 is 0 Å². The molecule has 2 aliphatic heterocycles. The van der Waals surface area contributed by atoms with E-state index in [2.05, 4.69) is 192 Å². The highest BCUT2D eigenvalue weighted by Gasteiger charge is 2.48. The van der Waals surface area contributed by atoms with Crippen LogP contribution in [0.5, 0.6) is 0 Å². The molecule has 0 radical (unpaired) electrons. The first kappa shape index (κ1) is 36.5. The van der Waals surface area contributed by atoms with Gasteiger partial charge in [0.1, 0.15) is 0 Å². The average molecular weight is 813 g/mol. The summed E-state index contributed by atoms with van der Waals surface area (Å²) in [6, 6.07) is 49.5. The Balaban J connectivity index is 1.25. The lowest BCUT2D eigenvalue weighted by atomic mass is 9.43. The van der Waals surface area contributed by atoms with E-state index in [9.17, 15) is 0 Å². The van der Waals surface area contributed by atoms with Crippen molar-refractivity contribution in [3.8, 4) is 11.1 Å². The van der Waals surface area contributed by atoms with Crippen LogP contribution < -0.4 is 20.6 Å². The van der Waals surface area contributed by atoms with Gasteiger partial charge in [-0.3, -0.25) is 0 Å². The topological polar surface area (TPSA) is 6.48 Å². The molecule has 4 heterocycles. The summed E-state index contributed by atoms with van der Waals surface area (Å²) >= 11 is 3.88. The van der Waals surface area contributed by atoms with Gasteiger partial charge < -0.3 is 9.71 Å². The second kappa shape index (κ2) is 12.4. The van der Waals surface area contributed by atoms with E-state index in [1.165, 1.54) is 126 Å². The van der Waals surface area contributed by atoms with E-state index in [-0.39, 0.29) is 23.1 Å². The molecular weight excluding hydrogens is 764 g/mol. The minimum atomic E-state index is -0.0462. The van der Waals surface area contributed by atoms with Crippen LogP contribution in [0.4, 0.5) is 27.8 Å². The fourth-order valence-corrected chi connectivity index (χ4v) is 13.4. The number of anilines is 5. The molecule has 2 aromatic heterocycles. The lowest BCUT2D eigenvalue weighted by Crippen LogP contribution is -2.61. The number of thiophene rings is 2. The van der Waals surface area contributed by atoms with E-state index in [0.717, 1.165) is 0 Å². The molecule has 1 aliphatic carbocycles. The molecule has 0 N–H and O–H groups in total. The van der Waals surface area contributed by atoms with Crippen molar-refractivity contribution in [2.75, 3.05) is 9.71 Å². The summed E-state index contributed by atoms with van der Waals surface area (Å²) in [6.07, 6.45) is 2.38. The summed E-state index contributed by atoms with van der Waals surface area (Å²) in [6.45, 7) is 19.1. The van der Waals surface area contributed by atoms with Crippen molar-refractivity contribution in [1.29, 1.82) is 0 Å². The summed E-state index contributed by atoms with van der Waals surface area (Å²) in [5.74, 6) is 0. The Morgan fingerprint density at radius 2 is 1.20 bits per heavy atom. The van der Waals surface area contributed by atoms with E-state index in [1.807, 2.05) is 22.7 Å². The van der Waals surface area contributed by atoms with Crippen LogP contribution in [0.1, 0.15) is 83.6 Å². The summed E-state index contributed by atoms with van der Waals surface area (Å²) in [5.41, 5.74) is 16.5. The summed E-state index contributed by atoms with van der Waals surface area (Å²) in [5, 5.41) is 7.92. The maximum Gasteiger partial charge on any atom is 0.334 e. The predicted molar refractivity (Wildman–Crippen MR) is 265 cm³/mol. The molecule has 7 aromatic carbocycles. The van der Waals surface area contributed by atoms with Crippen LogP contribution in [-0.2, 0) is 16.2 Å². The monoisotopic (exact) mass is 812 g/mol. The van der Waals surface area contributed by atoms with Crippen LogP contribution in [-0.4, -0.2) is 6.85 Å². The van der Waals surface area contributed by atoms with Crippen molar-refractivity contribution >= 4 is 109 Å². The molecule has 12 rings (SSSR count). The van der Waals surface area contributed by atoms with Crippen molar-refractivity contribution in [2.24, 2.45) is 0 Å². The van der Waals surface area contributed by atoms with E-state index in [0.29, 0.717) is 0 Å². The molecule has 5 heteroatoms. The molecule has 0 fully saturated rings. The van der Waals surface area contributed by atoms with Crippen molar-refractivity contribution in [1.82, 2.24) is 0 Å². The van der Waals surface area contributed by atoms with Crippen LogP contribution in [0.2, 0.25) is 0 Å². The molecule has 9 aromatic rings. The Hall–Kier alpha value is -5.36. The van der Waals surface area contributed by atoms with Gasteiger partial charge in [-0.25, -0.2) is 0 Å². The number of fused-ring (bicyclic) bond motifs is 12. The number of hydrogen-bond acceptors (Lipinski definition) is 4. The van der Waals surface area contributed by atoms with Gasteiger partial charge in [-0.15, -0.1) is 22.7 Å². The average Bonchev–Trinajstić information content (AvgIpc) is 3.80. The molecule has 0 amide bonds.